The molecule has 2 N–H and O–H groups in total. The van der Waals surface area contributed by atoms with Crippen molar-refractivity contribution in [1.82, 2.24) is 20.5 Å². The van der Waals surface area contributed by atoms with E-state index in [1.807, 2.05) is 53.6 Å². The minimum absolute atomic E-state index is 0.0534. The molecule has 0 saturated carbocycles. The largest absolute Gasteiger partial charge is 0.367 e. The van der Waals surface area contributed by atoms with E-state index in [0.29, 0.717) is 38.9 Å². The van der Waals surface area contributed by atoms with Crippen LogP contribution in [0.25, 0.3) is 0 Å². The van der Waals surface area contributed by atoms with Crippen molar-refractivity contribution in [2.75, 3.05) is 37.6 Å². The van der Waals surface area contributed by atoms with Crippen molar-refractivity contribution in [3.63, 3.8) is 0 Å². The molecule has 3 amide bonds. The molecule has 1 aromatic carbocycles. The second-order valence-corrected chi connectivity index (χ2v) is 8.30. The van der Waals surface area contributed by atoms with E-state index in [9.17, 15) is 14.4 Å². The van der Waals surface area contributed by atoms with Gasteiger partial charge >= 0.3 is 0 Å². The van der Waals surface area contributed by atoms with Crippen LogP contribution in [0.4, 0.5) is 5.69 Å². The van der Waals surface area contributed by atoms with Crippen molar-refractivity contribution in [3.05, 3.63) is 73.1 Å². The Morgan fingerprint density at radius 1 is 1.03 bits per heavy atom. The van der Waals surface area contributed by atoms with Crippen LogP contribution in [0, 0.1) is 0 Å². The zero-order chi connectivity index (χ0) is 24.2. The summed E-state index contributed by atoms with van der Waals surface area (Å²) in [5.41, 5.74) is 1.95. The van der Waals surface area contributed by atoms with E-state index in [0.717, 1.165) is 24.3 Å². The Morgan fingerprint density at radius 2 is 1.79 bits per heavy atom. The maximum absolute atomic E-state index is 13.3. The van der Waals surface area contributed by atoms with Gasteiger partial charge in [-0.25, -0.2) is 0 Å². The minimum atomic E-state index is -0.587. The minimum Gasteiger partial charge on any atom is -0.367 e. The molecule has 34 heavy (non-hydrogen) atoms. The summed E-state index contributed by atoms with van der Waals surface area (Å²) in [6.45, 7) is 6.56. The quantitative estimate of drug-likeness (QED) is 0.392. The molecule has 1 unspecified atom stereocenters. The summed E-state index contributed by atoms with van der Waals surface area (Å²) in [6.07, 6.45) is 6.98. The maximum atomic E-state index is 13.3. The zero-order valence-electron chi connectivity index (χ0n) is 19.5. The van der Waals surface area contributed by atoms with Crippen molar-refractivity contribution in [3.8, 4) is 0 Å². The van der Waals surface area contributed by atoms with Gasteiger partial charge in [-0.3, -0.25) is 19.4 Å². The number of unbranched alkanes of at least 4 members (excludes halogenated alkanes) is 1. The molecule has 1 aromatic heterocycles. The van der Waals surface area contributed by atoms with Crippen LogP contribution in [-0.2, 0) is 20.8 Å². The SMILES string of the molecule is C=CC(=O)NCCCCC(NC(=O)Cc1ccccc1)C(=O)N1CCN(c2cccnc2)CC1. The van der Waals surface area contributed by atoms with E-state index >= 15 is 0 Å². The smallest absolute Gasteiger partial charge is 0.245 e. The zero-order valence-corrected chi connectivity index (χ0v) is 19.5. The molecular weight excluding hydrogens is 430 g/mol. The highest BCUT2D eigenvalue weighted by molar-refractivity contribution is 5.88. The lowest BCUT2D eigenvalue weighted by Gasteiger charge is -2.37. The number of aromatic nitrogens is 1. The number of pyridine rings is 1. The molecule has 0 aliphatic carbocycles. The Balaban J connectivity index is 1.56. The summed E-state index contributed by atoms with van der Waals surface area (Å²) in [4.78, 5) is 45.6. The third-order valence-electron chi connectivity index (χ3n) is 5.85. The van der Waals surface area contributed by atoms with Crippen LogP contribution < -0.4 is 15.5 Å². The summed E-state index contributed by atoms with van der Waals surface area (Å²) >= 11 is 0. The summed E-state index contributed by atoms with van der Waals surface area (Å²) < 4.78 is 0. The maximum Gasteiger partial charge on any atom is 0.245 e. The first-order valence-corrected chi connectivity index (χ1v) is 11.7. The molecule has 0 spiro atoms. The third-order valence-corrected chi connectivity index (χ3v) is 5.85. The molecule has 8 nitrogen and oxygen atoms in total. The Hall–Kier alpha value is -3.68. The van der Waals surface area contributed by atoms with Crippen molar-refractivity contribution in [1.29, 1.82) is 0 Å². The Bertz CT molecular complexity index is 943. The number of hydrogen-bond donors (Lipinski definition) is 2. The van der Waals surface area contributed by atoms with E-state index < -0.39 is 6.04 Å². The highest BCUT2D eigenvalue weighted by Crippen LogP contribution is 2.16. The number of carbonyl (C=O) groups excluding carboxylic acids is 3. The number of hydrogen-bond acceptors (Lipinski definition) is 5. The molecule has 3 rings (SSSR count). The molecule has 8 heteroatoms. The van der Waals surface area contributed by atoms with Gasteiger partial charge in [-0.15, -0.1) is 0 Å². The van der Waals surface area contributed by atoms with Crippen molar-refractivity contribution < 1.29 is 14.4 Å². The predicted molar refractivity (Wildman–Crippen MR) is 132 cm³/mol. The molecule has 1 aliphatic heterocycles. The van der Waals surface area contributed by atoms with Crippen LogP contribution in [0.3, 0.4) is 0 Å². The van der Waals surface area contributed by atoms with Crippen LogP contribution in [0.5, 0.6) is 0 Å². The van der Waals surface area contributed by atoms with Crippen LogP contribution >= 0.6 is 0 Å². The summed E-state index contributed by atoms with van der Waals surface area (Å²) in [7, 11) is 0. The van der Waals surface area contributed by atoms with Crippen LogP contribution in [0.1, 0.15) is 24.8 Å². The van der Waals surface area contributed by atoms with E-state index in [1.165, 1.54) is 6.08 Å². The average molecular weight is 464 g/mol. The molecular formula is C26H33N5O3. The van der Waals surface area contributed by atoms with Crippen molar-refractivity contribution >= 4 is 23.4 Å². The number of benzene rings is 1. The van der Waals surface area contributed by atoms with Crippen molar-refractivity contribution in [2.24, 2.45) is 0 Å². The summed E-state index contributed by atoms with van der Waals surface area (Å²) in [6, 6.07) is 12.8. The summed E-state index contributed by atoms with van der Waals surface area (Å²) in [5.74, 6) is -0.434. The van der Waals surface area contributed by atoms with Crippen LogP contribution in [0.2, 0.25) is 0 Å². The Morgan fingerprint density at radius 3 is 2.47 bits per heavy atom. The third kappa shape index (κ3) is 7.72. The lowest BCUT2D eigenvalue weighted by Crippen LogP contribution is -2.55. The fourth-order valence-electron chi connectivity index (χ4n) is 3.99. The molecule has 2 aromatic rings. The number of nitrogens with zero attached hydrogens (tertiary/aromatic N) is 3. The molecule has 2 heterocycles. The second-order valence-electron chi connectivity index (χ2n) is 8.30. The monoisotopic (exact) mass is 463 g/mol. The van der Waals surface area contributed by atoms with Gasteiger partial charge in [-0.2, -0.15) is 0 Å². The standard InChI is InChI=1S/C26H33N5O3/c1-2-24(32)28-14-7-6-12-23(29-25(33)19-21-9-4-3-5-10-21)26(34)31-17-15-30(16-18-31)22-11-8-13-27-20-22/h2-5,8-11,13,20,23H,1,6-7,12,14-19H2,(H,28,32)(H,29,33). The number of nitrogens with one attached hydrogen (secondary N) is 2. The molecule has 1 aliphatic rings. The number of piperazine rings is 1. The molecule has 1 fully saturated rings. The average Bonchev–Trinajstić information content (AvgIpc) is 2.88. The van der Waals surface area contributed by atoms with E-state index in [2.05, 4.69) is 27.1 Å². The first kappa shape index (κ1) is 25.0. The van der Waals surface area contributed by atoms with Gasteiger partial charge in [0.15, 0.2) is 0 Å². The van der Waals surface area contributed by atoms with Gasteiger partial charge in [-0.1, -0.05) is 36.9 Å². The van der Waals surface area contributed by atoms with E-state index in [-0.39, 0.29) is 24.1 Å². The number of carbonyl (C=O) groups is 3. The molecule has 0 radical (unpaired) electrons. The van der Waals surface area contributed by atoms with Gasteiger partial charge in [0.2, 0.25) is 17.7 Å². The van der Waals surface area contributed by atoms with E-state index in [1.54, 1.807) is 6.20 Å². The molecule has 1 saturated heterocycles. The number of amides is 3. The Labute approximate surface area is 201 Å². The van der Waals surface area contributed by atoms with Crippen LogP contribution in [-0.4, -0.2) is 66.4 Å². The first-order chi connectivity index (χ1) is 16.6. The lowest BCUT2D eigenvalue weighted by molar-refractivity contribution is -0.136. The van der Waals surface area contributed by atoms with E-state index in [4.69, 9.17) is 0 Å². The van der Waals surface area contributed by atoms with Gasteiger partial charge in [0.05, 0.1) is 18.3 Å². The highest BCUT2D eigenvalue weighted by atomic mass is 16.2. The molecule has 180 valence electrons. The second kappa shape index (κ2) is 13.1. The fourth-order valence-corrected chi connectivity index (χ4v) is 3.99. The van der Waals surface area contributed by atoms with Gasteiger partial charge in [0, 0.05) is 38.9 Å². The van der Waals surface area contributed by atoms with Gasteiger partial charge < -0.3 is 20.4 Å². The normalized spacial score (nSPS) is 14.2. The van der Waals surface area contributed by atoms with Crippen molar-refractivity contribution in [2.45, 2.75) is 31.7 Å². The number of anilines is 1. The van der Waals surface area contributed by atoms with Gasteiger partial charge in [-0.05, 0) is 43.0 Å². The lowest BCUT2D eigenvalue weighted by atomic mass is 10.1. The predicted octanol–water partition coefficient (Wildman–Crippen LogP) is 1.93. The van der Waals surface area contributed by atoms with Crippen LogP contribution in [0.15, 0.2) is 67.5 Å². The van der Waals surface area contributed by atoms with Gasteiger partial charge in [0.1, 0.15) is 6.04 Å². The van der Waals surface area contributed by atoms with Gasteiger partial charge in [0.25, 0.3) is 0 Å². The fraction of sp³-hybridized carbons (Fsp3) is 0.385. The topological polar surface area (TPSA) is 94.6 Å². The highest BCUT2D eigenvalue weighted by Gasteiger charge is 2.28. The molecule has 1 atom stereocenters. The Kier molecular flexibility index (Phi) is 9.64. The number of rotatable bonds is 11. The first-order valence-electron chi connectivity index (χ1n) is 11.7. The summed E-state index contributed by atoms with van der Waals surface area (Å²) in [5, 5.41) is 5.70. The molecule has 0 bridgehead atoms.